The molecule has 1 aliphatic carbocycles. The second-order valence-electron chi connectivity index (χ2n) is 8.48. The number of hydrogen-bond acceptors (Lipinski definition) is 4. The number of ether oxygens (including phenoxy) is 1. The van der Waals surface area contributed by atoms with Crippen LogP contribution in [0.5, 0.6) is 0 Å². The van der Waals surface area contributed by atoms with Crippen LogP contribution in [0.15, 0.2) is 46.4 Å². The number of methoxy groups -OCH3 is 1. The van der Waals surface area contributed by atoms with Crippen LogP contribution < -0.4 is 0 Å². The maximum atomic E-state index is 10.3. The zero-order valence-corrected chi connectivity index (χ0v) is 22.4. The van der Waals surface area contributed by atoms with Gasteiger partial charge in [0.05, 0.1) is 35.8 Å². The number of rotatable bonds is 3. The van der Waals surface area contributed by atoms with Crippen molar-refractivity contribution < 1.29 is 26.0 Å². The molecule has 0 heterocycles. The molecular weight excluding hydrogens is 455 g/mol. The van der Waals surface area contributed by atoms with Crippen molar-refractivity contribution in [2.45, 2.75) is 67.2 Å². The predicted molar refractivity (Wildman–Crippen MR) is 138 cm³/mol. The van der Waals surface area contributed by atoms with Crippen molar-refractivity contribution in [3.05, 3.63) is 66.1 Å². The molecule has 0 saturated heterocycles. The van der Waals surface area contributed by atoms with E-state index < -0.39 is 0 Å². The van der Waals surface area contributed by atoms with Crippen molar-refractivity contribution in [1.29, 1.82) is 0 Å². The third-order valence-corrected chi connectivity index (χ3v) is 5.46. The largest absolute Gasteiger partial charge is 0.469 e. The van der Waals surface area contributed by atoms with Crippen LogP contribution in [-0.2, 0) is 26.0 Å². The number of carbonyl (C=O) groups is 1. The predicted octanol–water partition coefficient (Wildman–Crippen LogP) is 7.60. The van der Waals surface area contributed by atoms with Gasteiger partial charge in [-0.2, -0.15) is 0 Å². The first-order valence-corrected chi connectivity index (χ1v) is 11.1. The summed E-state index contributed by atoms with van der Waals surface area (Å²) >= 11 is 0. The Morgan fingerprint density at radius 2 is 1.12 bits per heavy atom. The summed E-state index contributed by atoms with van der Waals surface area (Å²) in [5, 5.41) is 0. The third-order valence-electron chi connectivity index (χ3n) is 5.46. The standard InChI is InChI=1S/C22H26N2.C5H10O2.CH3.Ni/c1-15-9-7-10-16(2)21(15)23-19-13-5-6-14-20(19)24-22-17(3)11-8-12-18(22)4;1-4(2)5(6)7-3;;/h7-12H,5-6,13-14H2,1-4H3;4H,1-3H3;1H3;/q;;-1;. The van der Waals surface area contributed by atoms with Gasteiger partial charge in [0.2, 0.25) is 0 Å². The van der Waals surface area contributed by atoms with Crippen molar-refractivity contribution in [3.63, 3.8) is 0 Å². The summed E-state index contributed by atoms with van der Waals surface area (Å²) in [6, 6.07) is 12.7. The molecular formula is C28H39N2NiO2-. The molecule has 0 unspecified atom stereocenters. The summed E-state index contributed by atoms with van der Waals surface area (Å²) < 4.78 is 4.37. The second-order valence-corrected chi connectivity index (χ2v) is 8.48. The first-order chi connectivity index (χ1) is 14.7. The number of aliphatic imine (C=N–C) groups is 2. The summed E-state index contributed by atoms with van der Waals surface area (Å²) in [5.41, 5.74) is 9.51. The number of benzene rings is 2. The SMILES string of the molecule is COC(=O)C(C)C.Cc1cccc(C)c1N=C1CCCCC1=Nc1c(C)cccc1C.[CH3-].[Ni]. The van der Waals surface area contributed by atoms with Gasteiger partial charge in [0.1, 0.15) is 0 Å². The van der Waals surface area contributed by atoms with E-state index in [2.05, 4.69) is 68.8 Å². The number of hydrogen-bond donors (Lipinski definition) is 0. The summed E-state index contributed by atoms with van der Waals surface area (Å²) in [6.45, 7) is 12.1. The number of para-hydroxylation sites is 2. The van der Waals surface area contributed by atoms with Crippen LogP contribution >= 0.6 is 0 Å². The molecule has 0 bridgehead atoms. The first-order valence-electron chi connectivity index (χ1n) is 11.1. The Morgan fingerprint density at radius 1 is 0.788 bits per heavy atom. The minimum absolute atomic E-state index is 0. The fourth-order valence-electron chi connectivity index (χ4n) is 3.58. The van der Waals surface area contributed by atoms with Crippen LogP contribution in [0.2, 0.25) is 0 Å². The Kier molecular flexibility index (Phi) is 13.8. The van der Waals surface area contributed by atoms with Crippen molar-refractivity contribution in [1.82, 2.24) is 0 Å². The number of esters is 1. The zero-order chi connectivity index (χ0) is 23.0. The third kappa shape index (κ3) is 8.89. The molecule has 2 aromatic rings. The summed E-state index contributed by atoms with van der Waals surface area (Å²) in [6.07, 6.45) is 4.46. The number of nitrogens with zero attached hydrogens (tertiary/aromatic N) is 2. The van der Waals surface area contributed by atoms with Gasteiger partial charge in [0, 0.05) is 16.5 Å². The molecule has 1 saturated carbocycles. The molecule has 4 nitrogen and oxygen atoms in total. The molecule has 0 radical (unpaired) electrons. The molecule has 2 aromatic carbocycles. The molecule has 33 heavy (non-hydrogen) atoms. The Labute approximate surface area is 210 Å². The van der Waals surface area contributed by atoms with E-state index in [9.17, 15) is 4.79 Å². The van der Waals surface area contributed by atoms with Crippen molar-refractivity contribution >= 4 is 28.8 Å². The molecule has 3 rings (SSSR count). The fraction of sp³-hybridized carbons (Fsp3) is 0.429. The molecule has 1 aliphatic rings. The summed E-state index contributed by atoms with van der Waals surface area (Å²) in [4.78, 5) is 20.4. The van der Waals surface area contributed by atoms with E-state index in [1.165, 1.54) is 53.6 Å². The maximum absolute atomic E-state index is 10.3. The van der Waals surface area contributed by atoms with Gasteiger partial charge in [0.15, 0.2) is 0 Å². The Bertz CT molecular complexity index is 868. The number of carbonyl (C=O) groups excluding carboxylic acids is 1. The Balaban J connectivity index is 0.000000998. The Morgan fingerprint density at radius 3 is 1.36 bits per heavy atom. The van der Waals surface area contributed by atoms with Gasteiger partial charge in [-0.1, -0.05) is 50.2 Å². The van der Waals surface area contributed by atoms with Gasteiger partial charge in [-0.05, 0) is 75.6 Å². The summed E-state index contributed by atoms with van der Waals surface area (Å²) in [5.74, 6) is -0.148. The van der Waals surface area contributed by atoms with Crippen LogP contribution in [0.1, 0.15) is 61.8 Å². The first kappa shape index (κ1) is 30.7. The van der Waals surface area contributed by atoms with E-state index >= 15 is 0 Å². The molecule has 184 valence electrons. The van der Waals surface area contributed by atoms with E-state index in [4.69, 9.17) is 9.98 Å². The molecule has 0 spiro atoms. The molecule has 0 amide bonds. The van der Waals surface area contributed by atoms with Gasteiger partial charge in [0.25, 0.3) is 0 Å². The second kappa shape index (κ2) is 14.8. The minimum Gasteiger partial charge on any atom is -0.469 e. The van der Waals surface area contributed by atoms with Crippen LogP contribution in [0, 0.1) is 41.0 Å². The van der Waals surface area contributed by atoms with Crippen molar-refractivity contribution in [2.24, 2.45) is 15.9 Å². The molecule has 0 atom stereocenters. The van der Waals surface area contributed by atoms with Crippen LogP contribution in [0.4, 0.5) is 11.4 Å². The molecule has 1 fully saturated rings. The van der Waals surface area contributed by atoms with Gasteiger partial charge < -0.3 is 12.2 Å². The van der Waals surface area contributed by atoms with E-state index in [0.29, 0.717) is 0 Å². The van der Waals surface area contributed by atoms with Gasteiger partial charge in [-0.25, -0.2) is 0 Å². The van der Waals surface area contributed by atoms with Gasteiger partial charge >= 0.3 is 5.97 Å². The van der Waals surface area contributed by atoms with E-state index in [1.807, 2.05) is 0 Å². The molecule has 0 aliphatic heterocycles. The quantitative estimate of drug-likeness (QED) is 0.251. The smallest absolute Gasteiger partial charge is 0.308 e. The van der Waals surface area contributed by atoms with Crippen LogP contribution in [-0.4, -0.2) is 24.5 Å². The average Bonchev–Trinajstić information content (AvgIpc) is 2.74. The van der Waals surface area contributed by atoms with Crippen LogP contribution in [0.25, 0.3) is 0 Å². The average molecular weight is 494 g/mol. The molecule has 5 heteroatoms. The van der Waals surface area contributed by atoms with Gasteiger partial charge in [-0.3, -0.25) is 14.8 Å². The Hall–Kier alpha value is -2.26. The minimum atomic E-state index is -0.153. The maximum Gasteiger partial charge on any atom is 0.308 e. The van der Waals surface area contributed by atoms with Crippen LogP contribution in [0.3, 0.4) is 0 Å². The van der Waals surface area contributed by atoms with E-state index in [0.717, 1.165) is 24.2 Å². The number of aryl methyl sites for hydroxylation is 4. The zero-order valence-electron chi connectivity index (χ0n) is 21.4. The van der Waals surface area contributed by atoms with Crippen molar-refractivity contribution in [3.8, 4) is 0 Å². The van der Waals surface area contributed by atoms with Gasteiger partial charge in [-0.15, -0.1) is 0 Å². The summed E-state index contributed by atoms with van der Waals surface area (Å²) in [7, 11) is 1.39. The van der Waals surface area contributed by atoms with E-state index in [1.54, 1.807) is 13.8 Å². The van der Waals surface area contributed by atoms with Crippen molar-refractivity contribution in [2.75, 3.05) is 7.11 Å². The topological polar surface area (TPSA) is 51.0 Å². The molecule has 0 N–H and O–H groups in total. The molecule has 0 aromatic heterocycles. The fourth-order valence-corrected chi connectivity index (χ4v) is 3.58. The van der Waals surface area contributed by atoms with E-state index in [-0.39, 0.29) is 35.8 Å². The normalized spacial score (nSPS) is 15.3. The monoisotopic (exact) mass is 493 g/mol.